The van der Waals surface area contributed by atoms with Gasteiger partial charge in [0.15, 0.2) is 0 Å². The second kappa shape index (κ2) is 3.19. The van der Waals surface area contributed by atoms with E-state index in [9.17, 15) is 18.0 Å². The molecule has 0 saturated carbocycles. The van der Waals surface area contributed by atoms with Gasteiger partial charge in [0.2, 0.25) is 6.41 Å². The van der Waals surface area contributed by atoms with Crippen molar-refractivity contribution in [1.29, 1.82) is 0 Å². The van der Waals surface area contributed by atoms with Gasteiger partial charge in [-0.1, -0.05) is 0 Å². The number of amides is 1. The van der Waals surface area contributed by atoms with Crippen LogP contribution in [0.15, 0.2) is 5.10 Å². The number of carbonyl (C=O) groups is 1. The van der Waals surface area contributed by atoms with Gasteiger partial charge < -0.3 is 0 Å². The third kappa shape index (κ3) is 3.06. The van der Waals surface area contributed by atoms with E-state index in [1.54, 1.807) is 5.43 Å². The molecule has 0 saturated heterocycles. The molecule has 0 radical (unpaired) electrons. The standard InChI is InChI=1S/C4H5F3N2O/c1-3(4(5,6)7)9-8-2-10/h2H,1H3,(H,8,10)/b9-3-. The number of hydrazone groups is 1. The fourth-order valence-corrected chi connectivity index (χ4v) is 0.187. The number of nitrogens with zero attached hydrogens (tertiary/aromatic N) is 1. The van der Waals surface area contributed by atoms with Gasteiger partial charge in [0.25, 0.3) is 0 Å². The normalized spacial score (nSPS) is 13.0. The minimum atomic E-state index is -4.46. The Kier molecular flexibility index (Phi) is 2.85. The average molecular weight is 154 g/mol. The first-order valence-electron chi connectivity index (χ1n) is 2.29. The molecule has 0 rings (SSSR count). The minimum Gasteiger partial charge on any atom is -0.277 e. The summed E-state index contributed by atoms with van der Waals surface area (Å²) in [5.74, 6) is 0. The van der Waals surface area contributed by atoms with Crippen molar-refractivity contribution in [2.75, 3.05) is 0 Å². The van der Waals surface area contributed by atoms with Crippen LogP contribution in [-0.2, 0) is 4.79 Å². The van der Waals surface area contributed by atoms with E-state index >= 15 is 0 Å². The zero-order chi connectivity index (χ0) is 8.20. The van der Waals surface area contributed by atoms with E-state index in [0.717, 1.165) is 6.92 Å². The van der Waals surface area contributed by atoms with Crippen molar-refractivity contribution < 1.29 is 18.0 Å². The molecule has 1 N–H and O–H groups in total. The van der Waals surface area contributed by atoms with Crippen LogP contribution < -0.4 is 5.43 Å². The van der Waals surface area contributed by atoms with Gasteiger partial charge in [-0.15, -0.1) is 0 Å². The Morgan fingerprint density at radius 1 is 1.60 bits per heavy atom. The largest absolute Gasteiger partial charge is 0.430 e. The fourth-order valence-electron chi connectivity index (χ4n) is 0.187. The molecule has 6 heteroatoms. The molecular weight excluding hydrogens is 149 g/mol. The number of hydrogen-bond donors (Lipinski definition) is 1. The molecule has 0 fully saturated rings. The molecule has 0 aliphatic carbocycles. The Morgan fingerprint density at radius 3 is 2.40 bits per heavy atom. The summed E-state index contributed by atoms with van der Waals surface area (Å²) in [6, 6.07) is 0. The molecule has 0 atom stereocenters. The van der Waals surface area contributed by atoms with Crippen LogP contribution in [0.4, 0.5) is 13.2 Å². The molecule has 1 amide bonds. The number of rotatable bonds is 2. The summed E-state index contributed by atoms with van der Waals surface area (Å²) in [5, 5.41) is 2.69. The van der Waals surface area contributed by atoms with Crippen molar-refractivity contribution in [1.82, 2.24) is 5.43 Å². The fraction of sp³-hybridized carbons (Fsp3) is 0.500. The van der Waals surface area contributed by atoms with Crippen LogP contribution in [0.25, 0.3) is 0 Å². The lowest BCUT2D eigenvalue weighted by atomic mass is 10.4. The highest BCUT2D eigenvalue weighted by molar-refractivity contribution is 5.87. The molecule has 58 valence electrons. The lowest BCUT2D eigenvalue weighted by molar-refractivity contribution is -0.109. The molecule has 0 aromatic heterocycles. The van der Waals surface area contributed by atoms with Crippen molar-refractivity contribution in [2.45, 2.75) is 13.1 Å². The predicted octanol–water partition coefficient (Wildman–Crippen LogP) is 0.671. The maximum absolute atomic E-state index is 11.5. The average Bonchev–Trinajstić information content (AvgIpc) is 1.80. The van der Waals surface area contributed by atoms with E-state index < -0.39 is 11.9 Å². The van der Waals surface area contributed by atoms with Crippen LogP contribution in [0, 0.1) is 0 Å². The molecule has 10 heavy (non-hydrogen) atoms. The summed E-state index contributed by atoms with van der Waals surface area (Å²) < 4.78 is 34.5. The van der Waals surface area contributed by atoms with E-state index in [0.29, 0.717) is 0 Å². The predicted molar refractivity (Wildman–Crippen MR) is 28.4 cm³/mol. The van der Waals surface area contributed by atoms with E-state index in [4.69, 9.17) is 0 Å². The zero-order valence-corrected chi connectivity index (χ0v) is 5.07. The highest BCUT2D eigenvalue weighted by atomic mass is 19.4. The Bertz CT molecular complexity index is 151. The maximum Gasteiger partial charge on any atom is 0.430 e. The third-order valence-electron chi connectivity index (χ3n) is 0.695. The molecule has 0 unspecified atom stereocenters. The quantitative estimate of drug-likeness (QED) is 0.354. The highest BCUT2D eigenvalue weighted by Crippen LogP contribution is 2.15. The van der Waals surface area contributed by atoms with E-state index in [1.807, 2.05) is 0 Å². The second-order valence-electron chi connectivity index (χ2n) is 1.44. The van der Waals surface area contributed by atoms with Crippen LogP contribution in [0.3, 0.4) is 0 Å². The SMILES string of the molecule is C/C(=N/NC=O)C(F)(F)F. The van der Waals surface area contributed by atoms with Gasteiger partial charge in [0, 0.05) is 0 Å². The van der Waals surface area contributed by atoms with E-state index in [1.165, 1.54) is 0 Å². The number of hydrogen-bond acceptors (Lipinski definition) is 2. The van der Waals surface area contributed by atoms with Crippen LogP contribution >= 0.6 is 0 Å². The molecule has 0 aromatic carbocycles. The van der Waals surface area contributed by atoms with Gasteiger partial charge in [-0.05, 0) is 6.92 Å². The minimum absolute atomic E-state index is 0.0647. The lowest BCUT2D eigenvalue weighted by Crippen LogP contribution is -2.22. The van der Waals surface area contributed by atoms with Gasteiger partial charge in [0.1, 0.15) is 5.71 Å². The summed E-state index contributed by atoms with van der Waals surface area (Å²) >= 11 is 0. The summed E-state index contributed by atoms with van der Waals surface area (Å²) in [5.41, 5.74) is 0.458. The van der Waals surface area contributed by atoms with Crippen LogP contribution in [0.5, 0.6) is 0 Å². The van der Waals surface area contributed by atoms with Crippen molar-refractivity contribution in [3.05, 3.63) is 0 Å². The third-order valence-corrected chi connectivity index (χ3v) is 0.695. The topological polar surface area (TPSA) is 41.5 Å². The maximum atomic E-state index is 11.5. The monoisotopic (exact) mass is 154 g/mol. The number of alkyl halides is 3. The molecule has 0 aromatic rings. The zero-order valence-electron chi connectivity index (χ0n) is 5.07. The van der Waals surface area contributed by atoms with Gasteiger partial charge in [-0.2, -0.15) is 18.3 Å². The highest BCUT2D eigenvalue weighted by Gasteiger charge is 2.31. The first-order chi connectivity index (χ1) is 4.48. The first-order valence-corrected chi connectivity index (χ1v) is 2.29. The van der Waals surface area contributed by atoms with Crippen molar-refractivity contribution in [2.24, 2.45) is 5.10 Å². The smallest absolute Gasteiger partial charge is 0.277 e. The number of nitrogens with one attached hydrogen (secondary N) is 1. The number of carbonyl (C=O) groups excluding carboxylic acids is 1. The van der Waals surface area contributed by atoms with E-state index in [-0.39, 0.29) is 6.41 Å². The van der Waals surface area contributed by atoms with Crippen LogP contribution in [0.2, 0.25) is 0 Å². The van der Waals surface area contributed by atoms with Gasteiger partial charge in [-0.25, -0.2) is 5.43 Å². The molecule has 0 aliphatic heterocycles. The number of halogens is 3. The summed E-state index contributed by atoms with van der Waals surface area (Å²) in [7, 11) is 0. The lowest BCUT2D eigenvalue weighted by Gasteiger charge is -2.02. The van der Waals surface area contributed by atoms with Crippen molar-refractivity contribution in [3.63, 3.8) is 0 Å². The van der Waals surface area contributed by atoms with Gasteiger partial charge >= 0.3 is 6.18 Å². The Morgan fingerprint density at radius 2 is 2.10 bits per heavy atom. The molecular formula is C4H5F3N2O. The Balaban J connectivity index is 4.05. The Labute approximate surface area is 54.9 Å². The molecule has 0 aliphatic rings. The van der Waals surface area contributed by atoms with Crippen LogP contribution in [0.1, 0.15) is 6.92 Å². The van der Waals surface area contributed by atoms with Gasteiger partial charge in [-0.3, -0.25) is 4.79 Å². The molecule has 0 heterocycles. The first kappa shape index (κ1) is 8.93. The summed E-state index contributed by atoms with van der Waals surface area (Å²) in [6.45, 7) is 0.760. The Hall–Kier alpha value is -1.07. The van der Waals surface area contributed by atoms with Crippen molar-refractivity contribution >= 4 is 12.1 Å². The van der Waals surface area contributed by atoms with E-state index in [2.05, 4.69) is 5.10 Å². The second-order valence-corrected chi connectivity index (χ2v) is 1.44. The van der Waals surface area contributed by atoms with Crippen molar-refractivity contribution in [3.8, 4) is 0 Å². The summed E-state index contributed by atoms with van der Waals surface area (Å²) in [4.78, 5) is 9.45. The summed E-state index contributed by atoms with van der Waals surface area (Å²) in [6.07, 6.45) is -4.40. The molecule has 0 bridgehead atoms. The molecule has 3 nitrogen and oxygen atoms in total. The van der Waals surface area contributed by atoms with Crippen LogP contribution in [-0.4, -0.2) is 18.3 Å². The molecule has 0 spiro atoms. The van der Waals surface area contributed by atoms with Gasteiger partial charge in [0.05, 0.1) is 0 Å².